The van der Waals surface area contributed by atoms with Gasteiger partial charge in [-0.2, -0.15) is 4.98 Å². The number of halogens is 1. The molecule has 0 aliphatic rings. The van der Waals surface area contributed by atoms with Crippen LogP contribution >= 0.6 is 0 Å². The Balaban J connectivity index is 2.10. The summed E-state index contributed by atoms with van der Waals surface area (Å²) >= 11 is 0. The summed E-state index contributed by atoms with van der Waals surface area (Å²) in [6, 6.07) is 4.64. The van der Waals surface area contributed by atoms with E-state index in [-0.39, 0.29) is 18.5 Å². The fourth-order valence-corrected chi connectivity index (χ4v) is 2.18. The normalized spacial score (nSPS) is 14.2. The van der Waals surface area contributed by atoms with Crippen molar-refractivity contribution < 1.29 is 18.8 Å². The highest BCUT2D eigenvalue weighted by Gasteiger charge is 2.21. The third-order valence-electron chi connectivity index (χ3n) is 3.75. The lowest BCUT2D eigenvalue weighted by atomic mass is 10.1. The second-order valence-corrected chi connectivity index (χ2v) is 5.64. The summed E-state index contributed by atoms with van der Waals surface area (Å²) in [7, 11) is 3.39. The molecule has 0 bridgehead atoms. The number of rotatable bonds is 7. The third kappa shape index (κ3) is 4.34. The fraction of sp³-hybridized carbons (Fsp3) is 0.500. The molecule has 0 saturated heterocycles. The first-order valence-corrected chi connectivity index (χ1v) is 7.39. The Kier molecular flexibility index (Phi) is 5.81. The van der Waals surface area contributed by atoms with Gasteiger partial charge in [0, 0.05) is 19.2 Å². The molecule has 1 N–H and O–H groups in total. The maximum atomic E-state index is 13.6. The van der Waals surface area contributed by atoms with Gasteiger partial charge in [0.1, 0.15) is 5.82 Å². The topological polar surface area (TPSA) is 71.6 Å². The summed E-state index contributed by atoms with van der Waals surface area (Å²) in [5, 5.41) is 13.7. The fourth-order valence-electron chi connectivity index (χ4n) is 2.18. The van der Waals surface area contributed by atoms with E-state index < -0.39 is 6.10 Å². The van der Waals surface area contributed by atoms with Gasteiger partial charge in [0.05, 0.1) is 18.8 Å². The minimum atomic E-state index is -0.596. The van der Waals surface area contributed by atoms with Crippen molar-refractivity contribution in [2.75, 3.05) is 27.3 Å². The minimum absolute atomic E-state index is 0.182. The van der Waals surface area contributed by atoms with Gasteiger partial charge >= 0.3 is 0 Å². The van der Waals surface area contributed by atoms with Gasteiger partial charge in [-0.3, -0.25) is 4.90 Å². The van der Waals surface area contributed by atoms with Crippen LogP contribution in [0.2, 0.25) is 0 Å². The SMILES string of the molecule is COCC(O)CN(C)C(C)c1nc(-c2ccc(C)c(F)c2)no1. The first-order chi connectivity index (χ1) is 10.9. The predicted octanol–water partition coefficient (Wildman–Crippen LogP) is 2.18. The van der Waals surface area contributed by atoms with Gasteiger partial charge in [-0.25, -0.2) is 4.39 Å². The predicted molar refractivity (Wildman–Crippen MR) is 83.4 cm³/mol. The van der Waals surface area contributed by atoms with Crippen molar-refractivity contribution in [3.63, 3.8) is 0 Å². The van der Waals surface area contributed by atoms with Gasteiger partial charge in [0.15, 0.2) is 0 Å². The standard InChI is InChI=1S/C16H22FN3O3/c1-10-5-6-12(7-14(10)17)15-18-16(23-19-15)11(2)20(3)8-13(21)9-22-4/h5-7,11,13,21H,8-9H2,1-4H3. The lowest BCUT2D eigenvalue weighted by Crippen LogP contribution is -2.33. The lowest BCUT2D eigenvalue weighted by Gasteiger charge is -2.23. The Morgan fingerprint density at radius 1 is 1.43 bits per heavy atom. The Labute approximate surface area is 134 Å². The van der Waals surface area contributed by atoms with Crippen LogP contribution in [0.25, 0.3) is 11.4 Å². The molecule has 7 heteroatoms. The van der Waals surface area contributed by atoms with Gasteiger partial charge in [0.2, 0.25) is 11.7 Å². The maximum absolute atomic E-state index is 13.6. The highest BCUT2D eigenvalue weighted by Crippen LogP contribution is 2.23. The number of aliphatic hydroxyl groups excluding tert-OH is 1. The first kappa shape index (κ1) is 17.5. The van der Waals surface area contributed by atoms with Gasteiger partial charge in [-0.15, -0.1) is 0 Å². The van der Waals surface area contributed by atoms with Crippen LogP contribution in [0.4, 0.5) is 4.39 Å². The number of ether oxygens (including phenoxy) is 1. The highest BCUT2D eigenvalue weighted by atomic mass is 19.1. The maximum Gasteiger partial charge on any atom is 0.244 e. The average Bonchev–Trinajstić information content (AvgIpc) is 2.99. The number of hydrogen-bond donors (Lipinski definition) is 1. The minimum Gasteiger partial charge on any atom is -0.389 e. The third-order valence-corrected chi connectivity index (χ3v) is 3.75. The molecule has 0 saturated carbocycles. The van der Waals surface area contributed by atoms with Gasteiger partial charge < -0.3 is 14.4 Å². The van der Waals surface area contributed by atoms with Crippen molar-refractivity contribution in [3.05, 3.63) is 35.5 Å². The summed E-state index contributed by atoms with van der Waals surface area (Å²) in [6.07, 6.45) is -0.596. The molecule has 2 unspecified atom stereocenters. The molecule has 0 aliphatic carbocycles. The monoisotopic (exact) mass is 323 g/mol. The van der Waals surface area contributed by atoms with E-state index in [1.165, 1.54) is 13.2 Å². The van der Waals surface area contributed by atoms with Crippen molar-refractivity contribution in [1.82, 2.24) is 15.0 Å². The second kappa shape index (κ2) is 7.63. The quantitative estimate of drug-likeness (QED) is 0.842. The summed E-state index contributed by atoms with van der Waals surface area (Å²) in [4.78, 5) is 6.21. The smallest absolute Gasteiger partial charge is 0.244 e. The number of hydrogen-bond acceptors (Lipinski definition) is 6. The van der Waals surface area contributed by atoms with E-state index in [9.17, 15) is 9.50 Å². The molecule has 6 nitrogen and oxygen atoms in total. The van der Waals surface area contributed by atoms with Crippen LogP contribution in [-0.4, -0.2) is 53.6 Å². The summed E-state index contributed by atoms with van der Waals surface area (Å²) in [5.41, 5.74) is 1.13. The second-order valence-electron chi connectivity index (χ2n) is 5.64. The zero-order chi connectivity index (χ0) is 17.0. The number of nitrogens with zero attached hydrogens (tertiary/aromatic N) is 3. The van der Waals surface area contributed by atoms with Gasteiger partial charge in [0.25, 0.3) is 0 Å². The molecular weight excluding hydrogens is 301 g/mol. The molecule has 23 heavy (non-hydrogen) atoms. The Bertz CT molecular complexity index is 647. The molecule has 0 fully saturated rings. The van der Waals surface area contributed by atoms with E-state index in [0.29, 0.717) is 29.4 Å². The molecule has 0 aliphatic heterocycles. The van der Waals surface area contributed by atoms with Crippen LogP contribution in [-0.2, 0) is 4.74 Å². The van der Waals surface area contributed by atoms with Crippen LogP contribution in [0, 0.1) is 12.7 Å². The largest absolute Gasteiger partial charge is 0.389 e. The van der Waals surface area contributed by atoms with E-state index in [4.69, 9.17) is 9.26 Å². The number of benzene rings is 1. The van der Waals surface area contributed by atoms with Crippen molar-refractivity contribution in [2.45, 2.75) is 26.0 Å². The van der Waals surface area contributed by atoms with Crippen molar-refractivity contribution in [2.24, 2.45) is 0 Å². The Hall–Kier alpha value is -1.83. The molecule has 1 aromatic carbocycles. The van der Waals surface area contributed by atoms with Gasteiger partial charge in [-0.05, 0) is 32.5 Å². The van der Waals surface area contributed by atoms with Crippen LogP contribution < -0.4 is 0 Å². The molecule has 2 atom stereocenters. The molecular formula is C16H22FN3O3. The number of methoxy groups -OCH3 is 1. The molecule has 0 spiro atoms. The zero-order valence-corrected chi connectivity index (χ0v) is 13.8. The molecule has 2 aromatic rings. The summed E-state index contributed by atoms with van der Waals surface area (Å²) in [5.74, 6) is 0.450. The molecule has 0 amide bonds. The van der Waals surface area contributed by atoms with Crippen LogP contribution in [0.3, 0.4) is 0 Å². The van der Waals surface area contributed by atoms with Crippen LogP contribution in [0.5, 0.6) is 0 Å². The number of aromatic nitrogens is 2. The van der Waals surface area contributed by atoms with Crippen molar-refractivity contribution in [1.29, 1.82) is 0 Å². The molecule has 1 heterocycles. The van der Waals surface area contributed by atoms with Crippen LogP contribution in [0.15, 0.2) is 22.7 Å². The van der Waals surface area contributed by atoms with Crippen molar-refractivity contribution >= 4 is 0 Å². The number of likely N-dealkylation sites (N-methyl/N-ethyl adjacent to an activating group) is 1. The van der Waals surface area contributed by atoms with E-state index in [2.05, 4.69) is 10.1 Å². The van der Waals surface area contributed by atoms with Gasteiger partial charge in [-0.1, -0.05) is 17.3 Å². The van der Waals surface area contributed by atoms with E-state index in [0.717, 1.165) is 0 Å². The average molecular weight is 323 g/mol. The molecule has 126 valence electrons. The molecule has 1 aromatic heterocycles. The van der Waals surface area contributed by atoms with E-state index in [1.807, 2.05) is 18.9 Å². The summed E-state index contributed by atoms with van der Waals surface area (Å²) < 4.78 is 23.8. The number of aliphatic hydroxyl groups is 1. The van der Waals surface area contributed by atoms with E-state index >= 15 is 0 Å². The molecule has 2 rings (SSSR count). The molecule has 0 radical (unpaired) electrons. The highest BCUT2D eigenvalue weighted by molar-refractivity contribution is 5.54. The van der Waals surface area contributed by atoms with Crippen LogP contribution in [0.1, 0.15) is 24.4 Å². The van der Waals surface area contributed by atoms with E-state index in [1.54, 1.807) is 19.1 Å². The van der Waals surface area contributed by atoms with Crippen molar-refractivity contribution in [3.8, 4) is 11.4 Å². The first-order valence-electron chi connectivity index (χ1n) is 7.39. The lowest BCUT2D eigenvalue weighted by molar-refractivity contribution is 0.0325. The Morgan fingerprint density at radius 3 is 2.83 bits per heavy atom. The summed E-state index contributed by atoms with van der Waals surface area (Å²) in [6.45, 7) is 4.26. The Morgan fingerprint density at radius 2 is 2.17 bits per heavy atom. The zero-order valence-electron chi connectivity index (χ0n) is 13.8. The number of aryl methyl sites for hydroxylation is 1.